The van der Waals surface area contributed by atoms with Gasteiger partial charge >= 0.3 is 0 Å². The molecule has 1 aromatic carbocycles. The summed E-state index contributed by atoms with van der Waals surface area (Å²) in [4.78, 5) is 11.4. The van der Waals surface area contributed by atoms with Crippen LogP contribution in [0.25, 0.3) is 10.6 Å². The van der Waals surface area contributed by atoms with Crippen LogP contribution in [0.15, 0.2) is 41.1 Å². The van der Waals surface area contributed by atoms with E-state index < -0.39 is 4.92 Å². The molecular formula is C16H15ClN4O4S. The lowest BCUT2D eigenvalue weighted by atomic mass is 10.2. The Bertz CT molecular complexity index is 911. The van der Waals surface area contributed by atoms with Crippen LogP contribution in [-0.2, 0) is 6.54 Å². The lowest BCUT2D eigenvalue weighted by Gasteiger charge is -2.13. The van der Waals surface area contributed by atoms with Crippen molar-refractivity contribution in [3.63, 3.8) is 0 Å². The number of hydrogen-bond donors (Lipinski definition) is 3. The molecule has 0 aliphatic rings. The molecule has 136 valence electrons. The number of halogens is 1. The molecule has 0 saturated carbocycles. The lowest BCUT2D eigenvalue weighted by molar-refractivity contribution is -0.384. The second-order valence-corrected chi connectivity index (χ2v) is 6.99. The summed E-state index contributed by atoms with van der Waals surface area (Å²) in [6.45, 7) is 0.632. The molecule has 10 heteroatoms. The molecule has 26 heavy (non-hydrogen) atoms. The second kappa shape index (κ2) is 8.17. The molecule has 0 bridgehead atoms. The van der Waals surface area contributed by atoms with E-state index in [4.69, 9.17) is 21.2 Å². The SMILES string of the molecule is O=[N+]([O-])c1ccc(NCCO)c(NCc2cnoc2-c2ccc(Cl)s2)c1. The number of aromatic nitrogens is 1. The number of nitro benzene ring substituents is 1. The highest BCUT2D eigenvalue weighted by Crippen LogP contribution is 2.34. The van der Waals surface area contributed by atoms with Gasteiger partial charge in [-0.3, -0.25) is 10.1 Å². The fraction of sp³-hybridized carbons (Fsp3) is 0.188. The van der Waals surface area contributed by atoms with Crippen molar-refractivity contribution in [3.05, 3.63) is 56.5 Å². The highest BCUT2D eigenvalue weighted by Gasteiger charge is 2.15. The van der Waals surface area contributed by atoms with Crippen molar-refractivity contribution in [1.29, 1.82) is 0 Å². The summed E-state index contributed by atoms with van der Waals surface area (Å²) in [5.41, 5.74) is 1.96. The summed E-state index contributed by atoms with van der Waals surface area (Å²) in [5, 5.41) is 30.0. The first-order valence-electron chi connectivity index (χ1n) is 7.65. The molecule has 0 spiro atoms. The first-order chi connectivity index (χ1) is 12.6. The third-order valence-electron chi connectivity index (χ3n) is 3.55. The van der Waals surface area contributed by atoms with E-state index in [0.717, 1.165) is 10.4 Å². The Balaban J connectivity index is 1.82. The van der Waals surface area contributed by atoms with Crippen molar-refractivity contribution in [1.82, 2.24) is 5.16 Å². The van der Waals surface area contributed by atoms with Crippen LogP contribution in [0.1, 0.15) is 5.56 Å². The Hall–Kier alpha value is -2.62. The summed E-state index contributed by atoms with van der Waals surface area (Å²) < 4.78 is 5.96. The van der Waals surface area contributed by atoms with Crippen molar-refractivity contribution < 1.29 is 14.6 Å². The van der Waals surface area contributed by atoms with Gasteiger partial charge in [0.05, 0.1) is 38.3 Å². The van der Waals surface area contributed by atoms with E-state index in [-0.39, 0.29) is 12.3 Å². The average molecular weight is 395 g/mol. The van der Waals surface area contributed by atoms with E-state index in [2.05, 4.69) is 15.8 Å². The Morgan fingerprint density at radius 1 is 1.27 bits per heavy atom. The number of rotatable bonds is 8. The predicted octanol–water partition coefficient (Wildman–Crippen LogP) is 3.98. The number of hydrogen-bond acceptors (Lipinski definition) is 8. The Morgan fingerprint density at radius 3 is 2.81 bits per heavy atom. The Kier molecular flexibility index (Phi) is 5.71. The fourth-order valence-electron chi connectivity index (χ4n) is 2.35. The standard InChI is InChI=1S/C16H15ClN4O4S/c17-15-4-3-14(26-15)16-10(9-20-25-16)8-19-13-7-11(21(23)24)1-2-12(13)18-5-6-22/h1-4,7,9,18-19,22H,5-6,8H2. The van der Waals surface area contributed by atoms with Crippen LogP contribution < -0.4 is 10.6 Å². The van der Waals surface area contributed by atoms with Crippen molar-refractivity contribution in [2.75, 3.05) is 23.8 Å². The summed E-state index contributed by atoms with van der Waals surface area (Å²) in [7, 11) is 0. The van der Waals surface area contributed by atoms with Gasteiger partial charge in [-0.15, -0.1) is 11.3 Å². The van der Waals surface area contributed by atoms with Crippen LogP contribution in [0, 0.1) is 10.1 Å². The van der Waals surface area contributed by atoms with Gasteiger partial charge in [-0.05, 0) is 18.2 Å². The molecule has 0 amide bonds. The quantitative estimate of drug-likeness (QED) is 0.391. The molecule has 3 N–H and O–H groups in total. The lowest BCUT2D eigenvalue weighted by Crippen LogP contribution is -2.09. The third kappa shape index (κ3) is 4.13. The molecule has 0 unspecified atom stereocenters. The smallest absolute Gasteiger partial charge is 0.271 e. The minimum atomic E-state index is -0.459. The summed E-state index contributed by atoms with van der Waals surface area (Å²) in [5.74, 6) is 0.602. The fourth-order valence-corrected chi connectivity index (χ4v) is 3.41. The van der Waals surface area contributed by atoms with Crippen LogP contribution in [0.5, 0.6) is 0 Å². The largest absolute Gasteiger partial charge is 0.395 e. The maximum absolute atomic E-state index is 11.0. The topological polar surface area (TPSA) is 113 Å². The van der Waals surface area contributed by atoms with Gasteiger partial charge in [0.15, 0.2) is 5.76 Å². The molecule has 0 fully saturated rings. The van der Waals surface area contributed by atoms with Gasteiger partial charge in [0.2, 0.25) is 0 Å². The maximum atomic E-state index is 11.0. The van der Waals surface area contributed by atoms with Crippen LogP contribution in [0.3, 0.4) is 0 Å². The van der Waals surface area contributed by atoms with E-state index in [9.17, 15) is 10.1 Å². The molecule has 0 aliphatic carbocycles. The van der Waals surface area contributed by atoms with Gasteiger partial charge < -0.3 is 20.3 Å². The normalized spacial score (nSPS) is 10.7. The molecule has 2 aromatic heterocycles. The molecule has 0 saturated heterocycles. The first kappa shape index (κ1) is 18.2. The number of anilines is 2. The van der Waals surface area contributed by atoms with Crippen molar-refractivity contribution in [2.24, 2.45) is 0 Å². The Morgan fingerprint density at radius 2 is 2.12 bits per heavy atom. The second-order valence-electron chi connectivity index (χ2n) is 5.27. The number of nitrogens with one attached hydrogen (secondary N) is 2. The number of non-ortho nitro benzene ring substituents is 1. The van der Waals surface area contributed by atoms with Crippen LogP contribution in [-0.4, -0.2) is 28.3 Å². The molecule has 0 aliphatic heterocycles. The molecule has 0 atom stereocenters. The number of thiophene rings is 1. The van der Waals surface area contributed by atoms with Gasteiger partial charge in [0, 0.05) is 30.8 Å². The van der Waals surface area contributed by atoms with E-state index in [1.807, 2.05) is 6.07 Å². The number of aliphatic hydroxyl groups excluding tert-OH is 1. The van der Waals surface area contributed by atoms with E-state index in [0.29, 0.717) is 34.6 Å². The van der Waals surface area contributed by atoms with Crippen molar-refractivity contribution >= 4 is 40.0 Å². The van der Waals surface area contributed by atoms with Gasteiger partial charge in [-0.2, -0.15) is 0 Å². The van der Waals surface area contributed by atoms with Crippen LogP contribution in [0.2, 0.25) is 4.34 Å². The minimum absolute atomic E-state index is 0.0300. The van der Waals surface area contributed by atoms with E-state index in [1.54, 1.807) is 18.3 Å². The van der Waals surface area contributed by atoms with Crippen LogP contribution in [0.4, 0.5) is 17.1 Å². The van der Waals surface area contributed by atoms with Gasteiger partial charge in [0.25, 0.3) is 5.69 Å². The van der Waals surface area contributed by atoms with Crippen molar-refractivity contribution in [3.8, 4) is 10.6 Å². The summed E-state index contributed by atoms with van der Waals surface area (Å²) in [6.07, 6.45) is 1.59. The molecule has 3 aromatic rings. The Labute approximate surface area is 157 Å². The zero-order valence-corrected chi connectivity index (χ0v) is 15.0. The first-order valence-corrected chi connectivity index (χ1v) is 8.84. The molecule has 3 rings (SSSR count). The highest BCUT2D eigenvalue weighted by atomic mass is 35.5. The third-order valence-corrected chi connectivity index (χ3v) is 4.78. The molecule has 0 radical (unpaired) electrons. The summed E-state index contributed by atoms with van der Waals surface area (Å²) in [6, 6.07) is 8.07. The molecule has 2 heterocycles. The number of nitrogens with zero attached hydrogens (tertiary/aromatic N) is 2. The van der Waals surface area contributed by atoms with Crippen molar-refractivity contribution in [2.45, 2.75) is 6.54 Å². The van der Waals surface area contributed by atoms with E-state index in [1.165, 1.54) is 23.5 Å². The average Bonchev–Trinajstić information content (AvgIpc) is 3.26. The molecular weight excluding hydrogens is 380 g/mol. The summed E-state index contributed by atoms with van der Waals surface area (Å²) >= 11 is 7.34. The highest BCUT2D eigenvalue weighted by molar-refractivity contribution is 7.19. The predicted molar refractivity (Wildman–Crippen MR) is 101 cm³/mol. The molecule has 8 nitrogen and oxygen atoms in total. The zero-order valence-electron chi connectivity index (χ0n) is 13.4. The number of aliphatic hydroxyl groups is 1. The zero-order chi connectivity index (χ0) is 18.5. The van der Waals surface area contributed by atoms with Gasteiger partial charge in [-0.25, -0.2) is 0 Å². The monoisotopic (exact) mass is 394 g/mol. The van der Waals surface area contributed by atoms with Gasteiger partial charge in [0.1, 0.15) is 0 Å². The maximum Gasteiger partial charge on any atom is 0.271 e. The van der Waals surface area contributed by atoms with E-state index >= 15 is 0 Å². The minimum Gasteiger partial charge on any atom is -0.395 e. The van der Waals surface area contributed by atoms with Gasteiger partial charge in [-0.1, -0.05) is 16.8 Å². The number of benzene rings is 1. The number of nitro groups is 1. The van der Waals surface area contributed by atoms with Crippen LogP contribution >= 0.6 is 22.9 Å².